The summed E-state index contributed by atoms with van der Waals surface area (Å²) >= 11 is 0. The highest BCUT2D eigenvalue weighted by molar-refractivity contribution is 6.07. The Bertz CT molecular complexity index is 940. The van der Waals surface area contributed by atoms with Gasteiger partial charge in [0.2, 0.25) is 5.67 Å². The number of rotatable bonds is 4. The SMILES string of the molecule is COc1cccc(C(NC(=O)OC(C)(C)C)[C@]2(F)C(=O)N(C)c3ccccc32)c1. The van der Waals surface area contributed by atoms with E-state index in [1.165, 1.54) is 19.1 Å². The summed E-state index contributed by atoms with van der Waals surface area (Å²) in [6.45, 7) is 5.13. The summed E-state index contributed by atoms with van der Waals surface area (Å²) in [6, 6.07) is 11.9. The minimum atomic E-state index is -2.51. The number of likely N-dealkylation sites (N-methyl/N-ethyl adjacent to an activating group) is 1. The fraction of sp³-hybridized carbons (Fsp3) is 0.364. The van der Waals surface area contributed by atoms with Crippen molar-refractivity contribution >= 4 is 17.7 Å². The molecule has 0 bridgehead atoms. The van der Waals surface area contributed by atoms with Crippen molar-refractivity contribution in [1.82, 2.24) is 5.32 Å². The van der Waals surface area contributed by atoms with Gasteiger partial charge in [-0.25, -0.2) is 9.18 Å². The van der Waals surface area contributed by atoms with Gasteiger partial charge in [-0.1, -0.05) is 30.3 Å². The molecule has 1 aliphatic heterocycles. The van der Waals surface area contributed by atoms with E-state index in [1.807, 2.05) is 0 Å². The number of amides is 2. The first kappa shape index (κ1) is 20.6. The van der Waals surface area contributed by atoms with Crippen molar-refractivity contribution in [3.63, 3.8) is 0 Å². The maximum Gasteiger partial charge on any atom is 0.408 e. The lowest BCUT2D eigenvalue weighted by molar-refractivity contribution is -0.131. The second-order valence-electron chi connectivity index (χ2n) is 7.95. The largest absolute Gasteiger partial charge is 0.497 e. The van der Waals surface area contributed by atoms with Crippen LogP contribution in [-0.4, -0.2) is 31.8 Å². The van der Waals surface area contributed by atoms with Crippen LogP contribution in [0.4, 0.5) is 14.9 Å². The van der Waals surface area contributed by atoms with Crippen molar-refractivity contribution < 1.29 is 23.5 Å². The van der Waals surface area contributed by atoms with E-state index >= 15 is 4.39 Å². The van der Waals surface area contributed by atoms with Gasteiger partial charge in [0.05, 0.1) is 12.8 Å². The Morgan fingerprint density at radius 2 is 1.86 bits per heavy atom. The normalized spacial score (nSPS) is 19.5. The van der Waals surface area contributed by atoms with E-state index in [1.54, 1.807) is 69.3 Å². The third-order valence-corrected chi connectivity index (χ3v) is 4.76. The molecular weight excluding hydrogens is 375 g/mol. The van der Waals surface area contributed by atoms with Crippen molar-refractivity contribution in [2.45, 2.75) is 38.1 Å². The van der Waals surface area contributed by atoms with Gasteiger partial charge in [0.15, 0.2) is 0 Å². The molecule has 2 amide bonds. The highest BCUT2D eigenvalue weighted by atomic mass is 19.1. The smallest absolute Gasteiger partial charge is 0.408 e. The molecule has 1 heterocycles. The Balaban J connectivity index is 2.12. The van der Waals surface area contributed by atoms with Crippen LogP contribution in [0.5, 0.6) is 5.75 Å². The molecule has 7 heteroatoms. The topological polar surface area (TPSA) is 67.9 Å². The summed E-state index contributed by atoms with van der Waals surface area (Å²) < 4.78 is 27.2. The molecule has 3 rings (SSSR count). The number of nitrogens with one attached hydrogen (secondary N) is 1. The molecule has 154 valence electrons. The number of ether oxygens (including phenoxy) is 2. The Labute approximate surface area is 169 Å². The number of para-hydroxylation sites is 1. The van der Waals surface area contributed by atoms with E-state index in [-0.39, 0.29) is 5.56 Å². The summed E-state index contributed by atoms with van der Waals surface area (Å²) in [5.74, 6) is -0.281. The number of nitrogens with zero attached hydrogens (tertiary/aromatic N) is 1. The number of anilines is 1. The fourth-order valence-electron chi connectivity index (χ4n) is 3.48. The van der Waals surface area contributed by atoms with Crippen LogP contribution in [0, 0.1) is 0 Å². The van der Waals surface area contributed by atoms with Crippen molar-refractivity contribution in [3.05, 3.63) is 59.7 Å². The molecule has 1 aliphatic rings. The molecular formula is C22H25FN2O4. The van der Waals surface area contributed by atoms with Gasteiger partial charge in [-0.05, 0) is 44.5 Å². The van der Waals surface area contributed by atoms with Gasteiger partial charge >= 0.3 is 6.09 Å². The average Bonchev–Trinajstić information content (AvgIpc) is 2.87. The van der Waals surface area contributed by atoms with Crippen LogP contribution in [-0.2, 0) is 15.2 Å². The van der Waals surface area contributed by atoms with Crippen LogP contribution >= 0.6 is 0 Å². The standard InChI is InChI=1S/C22H25FN2O4/c1-21(2,3)29-20(27)24-18(14-9-8-10-15(13-14)28-5)22(23)16-11-6-7-12-17(16)25(4)19(22)26/h6-13,18H,1-5H3,(H,24,27)/t18?,22-/m0/s1. The van der Waals surface area contributed by atoms with Crippen LogP contribution in [0.2, 0.25) is 0 Å². The van der Waals surface area contributed by atoms with Crippen LogP contribution in [0.1, 0.15) is 37.9 Å². The molecule has 2 atom stereocenters. The highest BCUT2D eigenvalue weighted by Crippen LogP contribution is 2.49. The average molecular weight is 400 g/mol. The molecule has 0 radical (unpaired) electrons. The number of alkyl carbamates (subject to hydrolysis) is 1. The quantitative estimate of drug-likeness (QED) is 0.839. The van der Waals surface area contributed by atoms with E-state index in [9.17, 15) is 9.59 Å². The number of benzene rings is 2. The van der Waals surface area contributed by atoms with Gasteiger partial charge in [-0.2, -0.15) is 0 Å². The summed E-state index contributed by atoms with van der Waals surface area (Å²) in [5, 5.41) is 2.58. The third kappa shape index (κ3) is 3.77. The highest BCUT2D eigenvalue weighted by Gasteiger charge is 2.57. The summed E-state index contributed by atoms with van der Waals surface area (Å²) in [4.78, 5) is 26.9. The lowest BCUT2D eigenvalue weighted by Crippen LogP contribution is -2.48. The number of hydrogen-bond donors (Lipinski definition) is 1. The first-order valence-corrected chi connectivity index (χ1v) is 9.28. The molecule has 2 aromatic carbocycles. The van der Waals surface area contributed by atoms with E-state index < -0.39 is 29.3 Å². The number of halogens is 1. The lowest BCUT2D eigenvalue weighted by atomic mass is 9.85. The Morgan fingerprint density at radius 3 is 2.52 bits per heavy atom. The molecule has 0 aliphatic carbocycles. The van der Waals surface area contributed by atoms with Gasteiger partial charge in [0, 0.05) is 12.6 Å². The second-order valence-corrected chi connectivity index (χ2v) is 7.95. The van der Waals surface area contributed by atoms with Crippen LogP contribution in [0.15, 0.2) is 48.5 Å². The van der Waals surface area contributed by atoms with Crippen LogP contribution in [0.25, 0.3) is 0 Å². The van der Waals surface area contributed by atoms with Gasteiger partial charge in [-0.15, -0.1) is 0 Å². The molecule has 0 fully saturated rings. The number of carbonyl (C=O) groups is 2. The monoisotopic (exact) mass is 400 g/mol. The molecule has 0 saturated carbocycles. The number of alkyl halides is 1. The second kappa shape index (κ2) is 7.39. The predicted octanol–water partition coefficient (Wildman–Crippen LogP) is 4.10. The zero-order valence-electron chi connectivity index (χ0n) is 17.2. The lowest BCUT2D eigenvalue weighted by Gasteiger charge is -2.31. The van der Waals surface area contributed by atoms with Gasteiger partial charge in [-0.3, -0.25) is 4.79 Å². The van der Waals surface area contributed by atoms with E-state index in [4.69, 9.17) is 9.47 Å². The zero-order valence-corrected chi connectivity index (χ0v) is 17.2. The van der Waals surface area contributed by atoms with Crippen molar-refractivity contribution in [1.29, 1.82) is 0 Å². The Morgan fingerprint density at radius 1 is 1.17 bits per heavy atom. The fourth-order valence-corrected chi connectivity index (χ4v) is 3.48. The number of carbonyl (C=O) groups excluding carboxylic acids is 2. The predicted molar refractivity (Wildman–Crippen MR) is 108 cm³/mol. The Kier molecular flexibility index (Phi) is 5.26. The summed E-state index contributed by atoms with van der Waals surface area (Å²) in [5.41, 5.74) is -2.25. The molecule has 0 saturated heterocycles. The number of fused-ring (bicyclic) bond motifs is 1. The summed E-state index contributed by atoms with van der Waals surface area (Å²) in [7, 11) is 3.00. The van der Waals surface area contributed by atoms with E-state index in [2.05, 4.69) is 5.32 Å². The zero-order chi connectivity index (χ0) is 21.4. The molecule has 2 aromatic rings. The Hall–Kier alpha value is -3.09. The van der Waals surface area contributed by atoms with Crippen molar-refractivity contribution in [3.8, 4) is 5.75 Å². The van der Waals surface area contributed by atoms with Crippen LogP contribution < -0.4 is 15.0 Å². The first-order valence-electron chi connectivity index (χ1n) is 9.28. The van der Waals surface area contributed by atoms with Gasteiger partial charge < -0.3 is 19.7 Å². The third-order valence-electron chi connectivity index (χ3n) is 4.76. The minimum Gasteiger partial charge on any atom is -0.497 e. The molecule has 6 nitrogen and oxygen atoms in total. The van der Waals surface area contributed by atoms with Crippen LogP contribution in [0.3, 0.4) is 0 Å². The molecule has 29 heavy (non-hydrogen) atoms. The van der Waals surface area contributed by atoms with Crippen molar-refractivity contribution in [2.24, 2.45) is 0 Å². The maximum atomic E-state index is 16.6. The van der Waals surface area contributed by atoms with Gasteiger partial charge in [0.25, 0.3) is 5.91 Å². The molecule has 1 N–H and O–H groups in total. The molecule has 0 spiro atoms. The minimum absolute atomic E-state index is 0.191. The first-order chi connectivity index (χ1) is 13.6. The van der Waals surface area contributed by atoms with Gasteiger partial charge in [0.1, 0.15) is 17.4 Å². The van der Waals surface area contributed by atoms with E-state index in [0.717, 1.165) is 0 Å². The molecule has 1 unspecified atom stereocenters. The number of methoxy groups -OCH3 is 1. The molecule has 0 aromatic heterocycles. The van der Waals surface area contributed by atoms with Crippen molar-refractivity contribution in [2.75, 3.05) is 19.1 Å². The number of hydrogen-bond acceptors (Lipinski definition) is 4. The summed E-state index contributed by atoms with van der Waals surface area (Å²) in [6.07, 6.45) is -0.817. The maximum absolute atomic E-state index is 16.6. The van der Waals surface area contributed by atoms with E-state index in [0.29, 0.717) is 17.0 Å².